The zero-order valence-corrected chi connectivity index (χ0v) is 17.3. The summed E-state index contributed by atoms with van der Waals surface area (Å²) in [6, 6.07) is 5.65. The maximum absolute atomic E-state index is 13.0. The van der Waals surface area contributed by atoms with Crippen molar-refractivity contribution in [3.05, 3.63) is 29.8 Å². The molecule has 0 N–H and O–H groups in total. The summed E-state index contributed by atoms with van der Waals surface area (Å²) in [6.45, 7) is 2.55. The smallest absolute Gasteiger partial charge is 0.307 e. The minimum absolute atomic E-state index is 0.0857. The summed E-state index contributed by atoms with van der Waals surface area (Å²) < 4.78 is 15.3. The molecule has 1 fully saturated rings. The molecule has 2 unspecified atom stereocenters. The van der Waals surface area contributed by atoms with Crippen LogP contribution in [-0.4, -0.2) is 50.7 Å². The van der Waals surface area contributed by atoms with Gasteiger partial charge in [0.05, 0.1) is 27.8 Å². The molecule has 1 amide bonds. The van der Waals surface area contributed by atoms with E-state index in [4.69, 9.17) is 14.2 Å². The van der Waals surface area contributed by atoms with E-state index in [1.807, 2.05) is 17.0 Å². The summed E-state index contributed by atoms with van der Waals surface area (Å²) >= 11 is 0. The molecule has 0 aliphatic heterocycles. The number of esters is 1. The van der Waals surface area contributed by atoms with Crippen LogP contribution < -0.4 is 9.47 Å². The Balaban J connectivity index is 2.16. The minimum Gasteiger partial charge on any atom is -0.493 e. The van der Waals surface area contributed by atoms with Gasteiger partial charge in [-0.2, -0.15) is 0 Å². The third kappa shape index (κ3) is 5.75. The van der Waals surface area contributed by atoms with Crippen LogP contribution in [0.2, 0.25) is 0 Å². The molecule has 154 valence electrons. The van der Waals surface area contributed by atoms with Crippen molar-refractivity contribution in [3.63, 3.8) is 0 Å². The third-order valence-corrected chi connectivity index (χ3v) is 5.36. The molecule has 2 atom stereocenters. The number of methoxy groups -OCH3 is 3. The molecule has 1 saturated carbocycles. The van der Waals surface area contributed by atoms with Crippen LogP contribution in [0.1, 0.15) is 44.6 Å². The van der Waals surface area contributed by atoms with E-state index in [1.165, 1.54) is 13.5 Å². The van der Waals surface area contributed by atoms with Crippen LogP contribution in [0.25, 0.3) is 6.08 Å². The quantitative estimate of drug-likeness (QED) is 0.501. The van der Waals surface area contributed by atoms with E-state index < -0.39 is 0 Å². The van der Waals surface area contributed by atoms with E-state index in [-0.39, 0.29) is 24.3 Å². The summed E-state index contributed by atoms with van der Waals surface area (Å²) in [5.74, 6) is 1.29. The number of rotatable bonds is 8. The molecule has 0 aromatic heterocycles. The zero-order valence-electron chi connectivity index (χ0n) is 17.3. The number of hydrogen-bond donors (Lipinski definition) is 0. The number of benzene rings is 1. The maximum atomic E-state index is 13.0. The molecule has 0 heterocycles. The fraction of sp³-hybridized carbons (Fsp3) is 0.545. The van der Waals surface area contributed by atoms with Gasteiger partial charge in [-0.3, -0.25) is 9.59 Å². The van der Waals surface area contributed by atoms with E-state index in [1.54, 1.807) is 32.4 Å². The van der Waals surface area contributed by atoms with Gasteiger partial charge in [-0.25, -0.2) is 0 Å². The number of carbonyl (C=O) groups is 2. The van der Waals surface area contributed by atoms with Crippen molar-refractivity contribution in [1.82, 2.24) is 4.90 Å². The van der Waals surface area contributed by atoms with Gasteiger partial charge in [-0.05, 0) is 42.5 Å². The molecule has 1 aromatic rings. The zero-order chi connectivity index (χ0) is 20.5. The average molecular weight is 389 g/mol. The first-order valence-electron chi connectivity index (χ1n) is 9.77. The Kier molecular flexibility index (Phi) is 8.36. The Labute approximate surface area is 167 Å². The molecule has 6 heteroatoms. The Morgan fingerprint density at radius 2 is 1.82 bits per heavy atom. The Bertz CT molecular complexity index is 700. The second kappa shape index (κ2) is 10.7. The lowest BCUT2D eigenvalue weighted by molar-refractivity contribution is -0.142. The molecule has 1 aromatic carbocycles. The monoisotopic (exact) mass is 389 g/mol. The van der Waals surface area contributed by atoms with Crippen molar-refractivity contribution < 1.29 is 23.8 Å². The summed E-state index contributed by atoms with van der Waals surface area (Å²) in [5.41, 5.74) is 0.843. The van der Waals surface area contributed by atoms with Gasteiger partial charge in [0.2, 0.25) is 5.91 Å². The fourth-order valence-corrected chi connectivity index (χ4v) is 3.73. The van der Waals surface area contributed by atoms with Gasteiger partial charge in [-0.1, -0.05) is 25.8 Å². The van der Waals surface area contributed by atoms with Crippen LogP contribution in [0.4, 0.5) is 0 Å². The van der Waals surface area contributed by atoms with E-state index in [9.17, 15) is 9.59 Å². The van der Waals surface area contributed by atoms with Crippen molar-refractivity contribution in [2.45, 2.75) is 45.1 Å². The first kappa shape index (κ1) is 21.8. The summed E-state index contributed by atoms with van der Waals surface area (Å²) in [7, 11) is 4.53. The van der Waals surface area contributed by atoms with E-state index in [0.717, 1.165) is 24.8 Å². The van der Waals surface area contributed by atoms with Crippen LogP contribution in [0.5, 0.6) is 11.5 Å². The van der Waals surface area contributed by atoms with Crippen LogP contribution in [0.15, 0.2) is 24.3 Å². The molecule has 0 bridgehead atoms. The van der Waals surface area contributed by atoms with Crippen LogP contribution in [0.3, 0.4) is 0 Å². The van der Waals surface area contributed by atoms with Gasteiger partial charge in [0.15, 0.2) is 11.5 Å². The molecular formula is C22H31NO5. The molecule has 6 nitrogen and oxygen atoms in total. The fourth-order valence-electron chi connectivity index (χ4n) is 3.73. The average Bonchev–Trinajstić information content (AvgIpc) is 2.72. The standard InChI is InChI=1S/C22H31NO5/c1-16-7-5-6-8-18(16)23(14-13-22(25)28-4)21(24)12-10-17-9-11-19(26-2)20(15-17)27-3/h9-12,15-16,18H,5-8,13-14H2,1-4H3/b12-10+. The lowest BCUT2D eigenvalue weighted by atomic mass is 9.84. The first-order valence-corrected chi connectivity index (χ1v) is 9.77. The lowest BCUT2D eigenvalue weighted by Gasteiger charge is -2.38. The van der Waals surface area contributed by atoms with E-state index >= 15 is 0 Å². The number of hydrogen-bond acceptors (Lipinski definition) is 5. The summed E-state index contributed by atoms with van der Waals surface area (Å²) in [4.78, 5) is 26.4. The molecular weight excluding hydrogens is 358 g/mol. The van der Waals surface area contributed by atoms with Gasteiger partial charge >= 0.3 is 5.97 Å². The van der Waals surface area contributed by atoms with Crippen molar-refractivity contribution in [1.29, 1.82) is 0 Å². The normalized spacial score (nSPS) is 19.3. The number of amides is 1. The van der Waals surface area contributed by atoms with Crippen LogP contribution in [-0.2, 0) is 14.3 Å². The largest absolute Gasteiger partial charge is 0.493 e. The summed E-state index contributed by atoms with van der Waals surface area (Å²) in [6.07, 6.45) is 7.91. The van der Waals surface area contributed by atoms with Crippen molar-refractivity contribution in [3.8, 4) is 11.5 Å². The van der Waals surface area contributed by atoms with Gasteiger partial charge in [0.1, 0.15) is 0 Å². The summed E-state index contributed by atoms with van der Waals surface area (Å²) in [5, 5.41) is 0. The molecule has 1 aliphatic carbocycles. The molecule has 0 saturated heterocycles. The Hall–Kier alpha value is -2.50. The van der Waals surface area contributed by atoms with Crippen LogP contribution >= 0.6 is 0 Å². The topological polar surface area (TPSA) is 65.1 Å². The molecule has 28 heavy (non-hydrogen) atoms. The van der Waals surface area contributed by atoms with Crippen molar-refractivity contribution >= 4 is 18.0 Å². The minimum atomic E-state index is -0.301. The molecule has 0 spiro atoms. The van der Waals surface area contributed by atoms with E-state index in [2.05, 4.69) is 6.92 Å². The maximum Gasteiger partial charge on any atom is 0.307 e. The predicted molar refractivity (Wildman–Crippen MR) is 108 cm³/mol. The second-order valence-corrected chi connectivity index (χ2v) is 7.13. The molecule has 1 aliphatic rings. The van der Waals surface area contributed by atoms with Gasteiger partial charge in [0.25, 0.3) is 0 Å². The lowest BCUT2D eigenvalue weighted by Crippen LogP contribution is -2.45. The molecule has 2 rings (SSSR count). The van der Waals surface area contributed by atoms with E-state index in [0.29, 0.717) is 24.0 Å². The van der Waals surface area contributed by atoms with Gasteiger partial charge in [-0.15, -0.1) is 0 Å². The molecule has 0 radical (unpaired) electrons. The van der Waals surface area contributed by atoms with Crippen LogP contribution in [0, 0.1) is 5.92 Å². The number of nitrogens with zero attached hydrogens (tertiary/aromatic N) is 1. The highest BCUT2D eigenvalue weighted by atomic mass is 16.5. The highest BCUT2D eigenvalue weighted by Gasteiger charge is 2.29. The van der Waals surface area contributed by atoms with Crippen molar-refractivity contribution in [2.24, 2.45) is 5.92 Å². The number of carbonyl (C=O) groups excluding carboxylic acids is 2. The highest BCUT2D eigenvalue weighted by molar-refractivity contribution is 5.92. The first-order chi connectivity index (χ1) is 13.5. The second-order valence-electron chi connectivity index (χ2n) is 7.13. The third-order valence-electron chi connectivity index (χ3n) is 5.36. The Morgan fingerprint density at radius 1 is 1.11 bits per heavy atom. The number of ether oxygens (including phenoxy) is 3. The Morgan fingerprint density at radius 3 is 2.46 bits per heavy atom. The van der Waals surface area contributed by atoms with Gasteiger partial charge < -0.3 is 19.1 Å². The SMILES string of the molecule is COC(=O)CCN(C(=O)/C=C/c1ccc(OC)c(OC)c1)C1CCCCC1C. The van der Waals surface area contributed by atoms with Crippen molar-refractivity contribution in [2.75, 3.05) is 27.9 Å². The van der Waals surface area contributed by atoms with Gasteiger partial charge in [0, 0.05) is 18.7 Å². The highest BCUT2D eigenvalue weighted by Crippen LogP contribution is 2.30. The predicted octanol–water partition coefficient (Wildman–Crippen LogP) is 3.69.